The summed E-state index contributed by atoms with van der Waals surface area (Å²) in [5.41, 5.74) is -0.379. The number of para-hydroxylation sites is 2. The molecule has 0 aliphatic heterocycles. The molecule has 1 fully saturated rings. The fourth-order valence-corrected chi connectivity index (χ4v) is 2.11. The lowest BCUT2D eigenvalue weighted by Crippen LogP contribution is -2.41. The average molecular weight is 292 g/mol. The Hall–Kier alpha value is -2.08. The van der Waals surface area contributed by atoms with Crippen molar-refractivity contribution >= 4 is 17.5 Å². The summed E-state index contributed by atoms with van der Waals surface area (Å²) in [6.07, 6.45) is 1.12. The van der Waals surface area contributed by atoms with Crippen LogP contribution in [-0.4, -0.2) is 39.2 Å². The number of benzene rings is 1. The highest BCUT2D eigenvalue weighted by Gasteiger charge is 2.56. The van der Waals surface area contributed by atoms with Gasteiger partial charge in [0.05, 0.1) is 19.4 Å². The third-order valence-corrected chi connectivity index (χ3v) is 3.57. The van der Waals surface area contributed by atoms with Crippen molar-refractivity contribution in [3.63, 3.8) is 0 Å². The van der Waals surface area contributed by atoms with E-state index in [0.29, 0.717) is 37.4 Å². The van der Waals surface area contributed by atoms with Crippen LogP contribution < -0.4 is 15.4 Å². The number of rotatable bonds is 7. The van der Waals surface area contributed by atoms with Crippen LogP contribution in [0, 0.1) is 5.41 Å². The number of nitrogens with one attached hydrogen (secondary N) is 2. The van der Waals surface area contributed by atoms with Gasteiger partial charge in [-0.2, -0.15) is 0 Å². The number of anilines is 1. The van der Waals surface area contributed by atoms with E-state index in [0.717, 1.165) is 0 Å². The Balaban J connectivity index is 2.01. The summed E-state index contributed by atoms with van der Waals surface area (Å²) >= 11 is 0. The molecule has 0 radical (unpaired) electrons. The minimum atomic E-state index is -0.950. The SMILES string of the molecule is COCCNC(=O)C1(C(=O)Nc2ccccc2OC)CC1. The molecule has 1 aliphatic carbocycles. The molecule has 0 bridgehead atoms. The van der Waals surface area contributed by atoms with Crippen LogP contribution in [0.25, 0.3) is 0 Å². The lowest BCUT2D eigenvalue weighted by atomic mass is 10.0. The van der Waals surface area contributed by atoms with Crippen molar-refractivity contribution in [2.45, 2.75) is 12.8 Å². The summed E-state index contributed by atoms with van der Waals surface area (Å²) < 4.78 is 10.1. The van der Waals surface area contributed by atoms with E-state index in [4.69, 9.17) is 9.47 Å². The number of carbonyl (C=O) groups excluding carboxylic acids is 2. The van der Waals surface area contributed by atoms with E-state index in [1.807, 2.05) is 6.07 Å². The molecule has 0 unspecified atom stereocenters. The summed E-state index contributed by atoms with van der Waals surface area (Å²) in [5, 5.41) is 5.51. The Morgan fingerprint density at radius 2 is 1.90 bits per heavy atom. The van der Waals surface area contributed by atoms with Gasteiger partial charge in [-0.05, 0) is 25.0 Å². The first-order valence-electron chi connectivity index (χ1n) is 6.86. The van der Waals surface area contributed by atoms with Crippen molar-refractivity contribution in [2.75, 3.05) is 32.7 Å². The number of methoxy groups -OCH3 is 2. The Kier molecular flexibility index (Phi) is 4.80. The van der Waals surface area contributed by atoms with Crippen LogP contribution in [0.1, 0.15) is 12.8 Å². The van der Waals surface area contributed by atoms with E-state index >= 15 is 0 Å². The number of ether oxygens (including phenoxy) is 2. The van der Waals surface area contributed by atoms with Gasteiger partial charge in [-0.3, -0.25) is 9.59 Å². The molecule has 2 rings (SSSR count). The molecule has 6 heteroatoms. The maximum atomic E-state index is 12.4. The fraction of sp³-hybridized carbons (Fsp3) is 0.467. The van der Waals surface area contributed by atoms with Gasteiger partial charge in [-0.1, -0.05) is 12.1 Å². The lowest BCUT2D eigenvalue weighted by Gasteiger charge is -2.16. The Bertz CT molecular complexity index is 526. The monoisotopic (exact) mass is 292 g/mol. The van der Waals surface area contributed by atoms with Crippen LogP contribution >= 0.6 is 0 Å². The predicted molar refractivity (Wildman–Crippen MR) is 78.2 cm³/mol. The standard InChI is InChI=1S/C15H20N2O4/c1-20-10-9-16-13(18)15(7-8-15)14(19)17-11-5-3-4-6-12(11)21-2/h3-6H,7-10H2,1-2H3,(H,16,18)(H,17,19). The fourth-order valence-electron chi connectivity index (χ4n) is 2.11. The van der Waals surface area contributed by atoms with Gasteiger partial charge in [-0.15, -0.1) is 0 Å². The van der Waals surface area contributed by atoms with E-state index in [-0.39, 0.29) is 11.8 Å². The van der Waals surface area contributed by atoms with Crippen molar-refractivity contribution in [1.82, 2.24) is 5.32 Å². The third kappa shape index (κ3) is 3.33. The smallest absolute Gasteiger partial charge is 0.240 e. The van der Waals surface area contributed by atoms with Gasteiger partial charge in [0.25, 0.3) is 0 Å². The second-order valence-electron chi connectivity index (χ2n) is 4.99. The second-order valence-corrected chi connectivity index (χ2v) is 4.99. The third-order valence-electron chi connectivity index (χ3n) is 3.57. The first-order chi connectivity index (χ1) is 10.1. The zero-order valence-corrected chi connectivity index (χ0v) is 12.3. The van der Waals surface area contributed by atoms with Gasteiger partial charge in [0.2, 0.25) is 11.8 Å². The highest BCUT2D eigenvalue weighted by molar-refractivity contribution is 6.13. The highest BCUT2D eigenvalue weighted by Crippen LogP contribution is 2.47. The van der Waals surface area contributed by atoms with E-state index < -0.39 is 5.41 Å². The summed E-state index contributed by atoms with van der Waals surface area (Å²) in [5.74, 6) is 0.0373. The number of carbonyl (C=O) groups is 2. The second kappa shape index (κ2) is 6.58. The largest absolute Gasteiger partial charge is 0.495 e. The molecule has 1 aromatic carbocycles. The van der Waals surface area contributed by atoms with Crippen LogP contribution in [0.4, 0.5) is 5.69 Å². The molecule has 0 aromatic heterocycles. The Morgan fingerprint density at radius 1 is 1.19 bits per heavy atom. The topological polar surface area (TPSA) is 76.7 Å². The van der Waals surface area contributed by atoms with Gasteiger partial charge in [-0.25, -0.2) is 0 Å². The lowest BCUT2D eigenvalue weighted by molar-refractivity contribution is -0.134. The van der Waals surface area contributed by atoms with Crippen LogP contribution in [0.15, 0.2) is 24.3 Å². The Labute approximate surface area is 123 Å². The maximum absolute atomic E-state index is 12.4. The molecule has 0 atom stereocenters. The molecular formula is C15H20N2O4. The van der Waals surface area contributed by atoms with Gasteiger partial charge < -0.3 is 20.1 Å². The number of hydrogen-bond donors (Lipinski definition) is 2. The predicted octanol–water partition coefficient (Wildman–Crippen LogP) is 1.18. The molecule has 1 aliphatic rings. The molecule has 1 aromatic rings. The van der Waals surface area contributed by atoms with Gasteiger partial charge in [0.15, 0.2) is 0 Å². The quantitative estimate of drug-likeness (QED) is 0.584. The minimum absolute atomic E-state index is 0.244. The van der Waals surface area contributed by atoms with E-state index in [1.54, 1.807) is 25.3 Å². The Morgan fingerprint density at radius 3 is 2.52 bits per heavy atom. The van der Waals surface area contributed by atoms with Crippen molar-refractivity contribution in [1.29, 1.82) is 0 Å². The molecule has 21 heavy (non-hydrogen) atoms. The molecule has 6 nitrogen and oxygen atoms in total. The normalized spacial score (nSPS) is 15.1. The van der Waals surface area contributed by atoms with Crippen LogP contribution in [-0.2, 0) is 14.3 Å². The minimum Gasteiger partial charge on any atom is -0.495 e. The van der Waals surface area contributed by atoms with Gasteiger partial charge in [0.1, 0.15) is 11.2 Å². The summed E-state index contributed by atoms with van der Waals surface area (Å²) in [7, 11) is 3.10. The van der Waals surface area contributed by atoms with Gasteiger partial charge in [0, 0.05) is 13.7 Å². The van der Waals surface area contributed by atoms with Crippen molar-refractivity contribution in [2.24, 2.45) is 5.41 Å². The molecule has 0 heterocycles. The molecule has 2 amide bonds. The van der Waals surface area contributed by atoms with Crippen molar-refractivity contribution < 1.29 is 19.1 Å². The van der Waals surface area contributed by atoms with Crippen molar-refractivity contribution in [3.05, 3.63) is 24.3 Å². The first-order valence-corrected chi connectivity index (χ1v) is 6.86. The summed E-state index contributed by atoms with van der Waals surface area (Å²) in [6, 6.07) is 7.12. The molecule has 114 valence electrons. The highest BCUT2D eigenvalue weighted by atomic mass is 16.5. The molecule has 2 N–H and O–H groups in total. The van der Waals surface area contributed by atoms with Crippen LogP contribution in [0.5, 0.6) is 5.75 Å². The average Bonchev–Trinajstić information content (AvgIpc) is 3.29. The van der Waals surface area contributed by atoms with Crippen LogP contribution in [0.2, 0.25) is 0 Å². The van der Waals surface area contributed by atoms with Gasteiger partial charge >= 0.3 is 0 Å². The van der Waals surface area contributed by atoms with Crippen LogP contribution in [0.3, 0.4) is 0 Å². The summed E-state index contributed by atoms with van der Waals surface area (Å²) in [4.78, 5) is 24.5. The zero-order valence-electron chi connectivity index (χ0n) is 12.3. The first kappa shape index (κ1) is 15.3. The summed E-state index contributed by atoms with van der Waals surface area (Å²) in [6.45, 7) is 0.828. The number of amides is 2. The van der Waals surface area contributed by atoms with E-state index in [9.17, 15) is 9.59 Å². The molecule has 0 saturated heterocycles. The number of hydrogen-bond acceptors (Lipinski definition) is 4. The molecule has 0 spiro atoms. The zero-order chi connectivity index (χ0) is 15.3. The van der Waals surface area contributed by atoms with E-state index in [1.165, 1.54) is 7.11 Å². The molecule has 1 saturated carbocycles. The van der Waals surface area contributed by atoms with Crippen molar-refractivity contribution in [3.8, 4) is 5.75 Å². The van der Waals surface area contributed by atoms with E-state index in [2.05, 4.69) is 10.6 Å². The molecular weight excluding hydrogens is 272 g/mol. The maximum Gasteiger partial charge on any atom is 0.240 e.